The van der Waals surface area contributed by atoms with Crippen LogP contribution in [0.2, 0.25) is 0 Å². The first-order valence-corrected chi connectivity index (χ1v) is 6.98. The lowest BCUT2D eigenvalue weighted by molar-refractivity contribution is 0.0522. The SMILES string of the molecule is CC(C)(C)OC(=O)NCCN(CCCN)CCCN. The molecular formula is C13H30N4O2. The largest absolute Gasteiger partial charge is 0.444 e. The summed E-state index contributed by atoms with van der Waals surface area (Å²) in [6.45, 7) is 10.1. The van der Waals surface area contributed by atoms with Crippen LogP contribution in [0.15, 0.2) is 0 Å². The molecule has 0 atom stereocenters. The van der Waals surface area contributed by atoms with Crippen molar-refractivity contribution in [3.63, 3.8) is 0 Å². The van der Waals surface area contributed by atoms with Crippen LogP contribution in [-0.4, -0.2) is 55.9 Å². The van der Waals surface area contributed by atoms with E-state index in [9.17, 15) is 4.79 Å². The standard InChI is InChI=1S/C13H30N4O2/c1-13(2,3)19-12(18)16-8-11-17(9-4-6-14)10-5-7-15/h4-11,14-15H2,1-3H3,(H,16,18). The van der Waals surface area contributed by atoms with Gasteiger partial charge in [-0.25, -0.2) is 4.79 Å². The van der Waals surface area contributed by atoms with Crippen LogP contribution in [0.4, 0.5) is 4.79 Å². The van der Waals surface area contributed by atoms with Crippen molar-refractivity contribution in [2.45, 2.75) is 39.2 Å². The molecule has 0 aliphatic rings. The maximum absolute atomic E-state index is 11.5. The van der Waals surface area contributed by atoms with Gasteiger partial charge in [-0.1, -0.05) is 0 Å². The van der Waals surface area contributed by atoms with Gasteiger partial charge in [-0.3, -0.25) is 0 Å². The Morgan fingerprint density at radius 2 is 1.63 bits per heavy atom. The summed E-state index contributed by atoms with van der Waals surface area (Å²) >= 11 is 0. The van der Waals surface area contributed by atoms with Crippen LogP contribution in [0.5, 0.6) is 0 Å². The fraction of sp³-hybridized carbons (Fsp3) is 0.923. The molecule has 0 aliphatic heterocycles. The first-order chi connectivity index (χ1) is 8.89. The average molecular weight is 274 g/mol. The number of nitrogens with zero attached hydrogens (tertiary/aromatic N) is 1. The maximum atomic E-state index is 11.5. The first-order valence-electron chi connectivity index (χ1n) is 6.98. The Kier molecular flexibility index (Phi) is 9.55. The van der Waals surface area contributed by atoms with E-state index < -0.39 is 5.60 Å². The second kappa shape index (κ2) is 10.00. The summed E-state index contributed by atoms with van der Waals surface area (Å²) in [6.07, 6.45) is 1.54. The quantitative estimate of drug-likeness (QED) is 0.569. The van der Waals surface area contributed by atoms with Crippen LogP contribution in [0.1, 0.15) is 33.6 Å². The van der Waals surface area contributed by atoms with Crippen molar-refractivity contribution in [2.75, 3.05) is 39.3 Å². The van der Waals surface area contributed by atoms with Crippen molar-refractivity contribution in [1.82, 2.24) is 10.2 Å². The second-order valence-corrected chi connectivity index (χ2v) is 5.55. The Balaban J connectivity index is 3.86. The van der Waals surface area contributed by atoms with Crippen molar-refractivity contribution < 1.29 is 9.53 Å². The van der Waals surface area contributed by atoms with Gasteiger partial charge in [0, 0.05) is 13.1 Å². The summed E-state index contributed by atoms with van der Waals surface area (Å²) in [5, 5.41) is 2.76. The highest BCUT2D eigenvalue weighted by atomic mass is 16.6. The van der Waals surface area contributed by atoms with Crippen LogP contribution in [-0.2, 0) is 4.74 Å². The molecule has 0 aromatic carbocycles. The Labute approximate surface area is 116 Å². The minimum absolute atomic E-state index is 0.370. The summed E-state index contributed by atoms with van der Waals surface area (Å²) in [4.78, 5) is 13.7. The molecule has 0 fully saturated rings. The van der Waals surface area contributed by atoms with E-state index in [1.807, 2.05) is 20.8 Å². The van der Waals surface area contributed by atoms with Gasteiger partial charge in [0.15, 0.2) is 0 Å². The monoisotopic (exact) mass is 274 g/mol. The van der Waals surface area contributed by atoms with E-state index in [1.165, 1.54) is 0 Å². The molecule has 1 amide bonds. The number of rotatable bonds is 9. The highest BCUT2D eigenvalue weighted by molar-refractivity contribution is 5.67. The highest BCUT2D eigenvalue weighted by Gasteiger charge is 2.15. The maximum Gasteiger partial charge on any atom is 0.407 e. The topological polar surface area (TPSA) is 93.6 Å². The number of ether oxygens (including phenoxy) is 1. The number of hydrogen-bond donors (Lipinski definition) is 3. The summed E-state index contributed by atoms with van der Waals surface area (Å²) < 4.78 is 5.17. The van der Waals surface area contributed by atoms with Crippen molar-refractivity contribution in [2.24, 2.45) is 11.5 Å². The third-order valence-electron chi connectivity index (χ3n) is 2.45. The second-order valence-electron chi connectivity index (χ2n) is 5.55. The molecule has 0 aliphatic carbocycles. The molecule has 0 radical (unpaired) electrons. The number of hydrogen-bond acceptors (Lipinski definition) is 5. The predicted octanol–water partition coefficient (Wildman–Crippen LogP) is 0.511. The zero-order valence-electron chi connectivity index (χ0n) is 12.6. The fourth-order valence-corrected chi connectivity index (χ4v) is 1.60. The van der Waals surface area contributed by atoms with Crippen LogP contribution >= 0.6 is 0 Å². The zero-order valence-corrected chi connectivity index (χ0v) is 12.6. The fourth-order valence-electron chi connectivity index (χ4n) is 1.60. The van der Waals surface area contributed by atoms with E-state index >= 15 is 0 Å². The smallest absolute Gasteiger partial charge is 0.407 e. The number of nitrogens with one attached hydrogen (secondary N) is 1. The molecule has 0 spiro atoms. The lowest BCUT2D eigenvalue weighted by atomic mass is 10.2. The molecule has 114 valence electrons. The first kappa shape index (κ1) is 18.1. The van der Waals surface area contributed by atoms with Crippen molar-refractivity contribution in [3.05, 3.63) is 0 Å². The van der Waals surface area contributed by atoms with Gasteiger partial charge in [0.05, 0.1) is 0 Å². The van der Waals surface area contributed by atoms with E-state index in [4.69, 9.17) is 16.2 Å². The zero-order chi connectivity index (χ0) is 14.7. The van der Waals surface area contributed by atoms with Crippen molar-refractivity contribution in [1.29, 1.82) is 0 Å². The lowest BCUT2D eigenvalue weighted by Crippen LogP contribution is -2.39. The van der Waals surface area contributed by atoms with Gasteiger partial charge in [0.2, 0.25) is 0 Å². The third kappa shape index (κ3) is 11.9. The van der Waals surface area contributed by atoms with Gasteiger partial charge in [-0.15, -0.1) is 0 Å². The van der Waals surface area contributed by atoms with Crippen molar-refractivity contribution >= 4 is 6.09 Å². The minimum Gasteiger partial charge on any atom is -0.444 e. The van der Waals surface area contributed by atoms with Crippen LogP contribution in [0.25, 0.3) is 0 Å². The van der Waals surface area contributed by atoms with E-state index in [0.29, 0.717) is 19.6 Å². The molecule has 6 heteroatoms. The Hall–Kier alpha value is -0.850. The molecule has 5 N–H and O–H groups in total. The molecular weight excluding hydrogens is 244 g/mol. The van der Waals surface area contributed by atoms with Crippen molar-refractivity contribution in [3.8, 4) is 0 Å². The van der Waals surface area contributed by atoms with Crippen LogP contribution in [0.3, 0.4) is 0 Å². The Morgan fingerprint density at radius 3 is 2.05 bits per heavy atom. The molecule has 0 aromatic rings. The number of carbonyl (C=O) groups excluding carboxylic acids is 1. The van der Waals surface area contributed by atoms with E-state index in [2.05, 4.69) is 10.2 Å². The molecule has 0 aromatic heterocycles. The average Bonchev–Trinajstić information content (AvgIpc) is 2.29. The number of amides is 1. The third-order valence-corrected chi connectivity index (χ3v) is 2.45. The molecule has 0 bridgehead atoms. The summed E-state index contributed by atoms with van der Waals surface area (Å²) in [7, 11) is 0. The summed E-state index contributed by atoms with van der Waals surface area (Å²) in [6, 6.07) is 0. The molecule has 0 heterocycles. The Morgan fingerprint density at radius 1 is 1.11 bits per heavy atom. The van der Waals surface area contributed by atoms with E-state index in [-0.39, 0.29) is 6.09 Å². The molecule has 19 heavy (non-hydrogen) atoms. The molecule has 0 saturated carbocycles. The number of nitrogens with two attached hydrogens (primary N) is 2. The summed E-state index contributed by atoms with van der Waals surface area (Å²) in [5.74, 6) is 0. The Bertz CT molecular complexity index is 233. The molecule has 0 unspecified atom stereocenters. The normalized spacial score (nSPS) is 11.7. The highest BCUT2D eigenvalue weighted by Crippen LogP contribution is 2.06. The van der Waals surface area contributed by atoms with Gasteiger partial charge >= 0.3 is 6.09 Å². The number of alkyl carbamates (subject to hydrolysis) is 1. The van der Waals surface area contributed by atoms with E-state index in [1.54, 1.807) is 0 Å². The van der Waals surface area contributed by atoms with Gasteiger partial charge < -0.3 is 26.4 Å². The van der Waals surface area contributed by atoms with Crippen LogP contribution in [0, 0.1) is 0 Å². The van der Waals surface area contributed by atoms with Gasteiger partial charge in [0.25, 0.3) is 0 Å². The molecule has 0 saturated heterocycles. The van der Waals surface area contributed by atoms with Gasteiger partial charge in [0.1, 0.15) is 5.60 Å². The lowest BCUT2D eigenvalue weighted by Gasteiger charge is -2.23. The molecule has 6 nitrogen and oxygen atoms in total. The summed E-state index contributed by atoms with van der Waals surface area (Å²) in [5.41, 5.74) is 10.6. The van der Waals surface area contributed by atoms with Crippen LogP contribution < -0.4 is 16.8 Å². The van der Waals surface area contributed by atoms with Gasteiger partial charge in [-0.05, 0) is 59.8 Å². The minimum atomic E-state index is -0.455. The number of carbonyl (C=O) groups is 1. The molecule has 0 rings (SSSR count). The predicted molar refractivity (Wildman–Crippen MR) is 78.0 cm³/mol. The van der Waals surface area contributed by atoms with Gasteiger partial charge in [-0.2, -0.15) is 0 Å². The van der Waals surface area contributed by atoms with E-state index in [0.717, 1.165) is 32.5 Å².